The molecule has 0 aromatic rings. The molecule has 8 heavy (non-hydrogen) atoms. The van der Waals surface area contributed by atoms with E-state index < -0.39 is 0 Å². The van der Waals surface area contributed by atoms with Gasteiger partial charge in [0.25, 0.3) is 0 Å². The van der Waals surface area contributed by atoms with E-state index in [1.165, 1.54) is 30.7 Å². The first-order chi connectivity index (χ1) is 3.80. The normalized spacial score (nSPS) is 39.8. The first-order valence-corrected chi connectivity index (χ1v) is 3.48. The third-order valence-electron chi connectivity index (χ3n) is 2.08. The van der Waals surface area contributed by atoms with Crippen molar-refractivity contribution in [3.05, 3.63) is 7.05 Å². The van der Waals surface area contributed by atoms with Gasteiger partial charge in [-0.25, -0.2) is 0 Å². The first-order valence-electron chi connectivity index (χ1n) is 3.48. The van der Waals surface area contributed by atoms with Crippen LogP contribution in [-0.2, 0) is 0 Å². The van der Waals surface area contributed by atoms with E-state index in [4.69, 9.17) is 0 Å². The minimum Gasteiger partial charge on any atom is -0.466 e. The second-order valence-corrected chi connectivity index (χ2v) is 2.81. The maximum atomic E-state index is 4.00. The third kappa shape index (κ3) is 1.22. The van der Waals surface area contributed by atoms with Crippen LogP contribution in [0.3, 0.4) is 0 Å². The highest BCUT2D eigenvalue weighted by atomic mass is 15.1. The lowest BCUT2D eigenvalue weighted by Crippen LogP contribution is -3.11. The standard InChI is InChI=1S/C7H15N/c1-7-5-3-4-6-8(7)2/h7-8H,2-6H2,1H3/t7-/m1/s1. The predicted octanol–water partition coefficient (Wildman–Crippen LogP) is 0.235. The lowest BCUT2D eigenvalue weighted by Gasteiger charge is -2.32. The number of rotatable bonds is 0. The molecule has 0 amide bonds. The van der Waals surface area contributed by atoms with Gasteiger partial charge in [-0.15, -0.1) is 0 Å². The van der Waals surface area contributed by atoms with E-state index in [1.54, 1.807) is 0 Å². The van der Waals surface area contributed by atoms with Gasteiger partial charge in [0.1, 0.15) is 0 Å². The lowest BCUT2D eigenvalue weighted by atomic mass is 10.1. The maximum Gasteiger partial charge on any atom is 0.0606 e. The first kappa shape index (κ1) is 6.09. The predicted molar refractivity (Wildman–Crippen MR) is 34.5 cm³/mol. The van der Waals surface area contributed by atoms with Gasteiger partial charge in [-0.05, 0) is 26.2 Å². The monoisotopic (exact) mass is 113 g/mol. The van der Waals surface area contributed by atoms with Gasteiger partial charge in [0.05, 0.1) is 12.6 Å². The van der Waals surface area contributed by atoms with Gasteiger partial charge >= 0.3 is 0 Å². The van der Waals surface area contributed by atoms with Gasteiger partial charge in [-0.2, -0.15) is 7.05 Å². The van der Waals surface area contributed by atoms with Crippen LogP contribution in [0.15, 0.2) is 0 Å². The Hall–Kier alpha value is -0.0400. The Morgan fingerprint density at radius 3 is 2.62 bits per heavy atom. The van der Waals surface area contributed by atoms with Gasteiger partial charge in [-0.3, -0.25) is 0 Å². The number of nitrogens with one attached hydrogen (secondary N) is 1. The smallest absolute Gasteiger partial charge is 0.0606 e. The summed E-state index contributed by atoms with van der Waals surface area (Å²) in [6, 6.07) is 0.809. The fraction of sp³-hybridized carbons (Fsp3) is 0.857. The molecule has 0 aromatic heterocycles. The van der Waals surface area contributed by atoms with Crippen LogP contribution in [0.4, 0.5) is 0 Å². The lowest BCUT2D eigenvalue weighted by molar-refractivity contribution is -0.884. The quantitative estimate of drug-likeness (QED) is 0.429. The Morgan fingerprint density at radius 2 is 2.25 bits per heavy atom. The number of piperidine rings is 1. The van der Waals surface area contributed by atoms with Crippen molar-refractivity contribution in [1.82, 2.24) is 0 Å². The Balaban J connectivity index is 2.28. The summed E-state index contributed by atoms with van der Waals surface area (Å²) in [4.78, 5) is 1.47. The summed E-state index contributed by atoms with van der Waals surface area (Å²) < 4.78 is 0. The third-order valence-corrected chi connectivity index (χ3v) is 2.08. The van der Waals surface area contributed by atoms with Crippen molar-refractivity contribution in [2.24, 2.45) is 0 Å². The number of likely N-dealkylation sites (tertiary alicyclic amines) is 1. The molecular weight excluding hydrogens is 98.1 g/mol. The number of quaternary nitrogens is 1. The molecule has 1 saturated heterocycles. The maximum absolute atomic E-state index is 4.00. The fourth-order valence-electron chi connectivity index (χ4n) is 1.25. The van der Waals surface area contributed by atoms with E-state index >= 15 is 0 Å². The van der Waals surface area contributed by atoms with E-state index in [9.17, 15) is 0 Å². The van der Waals surface area contributed by atoms with Gasteiger partial charge in [-0.1, -0.05) is 0 Å². The summed E-state index contributed by atoms with van der Waals surface area (Å²) in [5.74, 6) is 0. The highest BCUT2D eigenvalue weighted by Gasteiger charge is 2.12. The van der Waals surface area contributed by atoms with Crippen molar-refractivity contribution in [3.8, 4) is 0 Å². The van der Waals surface area contributed by atoms with Crippen LogP contribution in [0.25, 0.3) is 0 Å². The van der Waals surface area contributed by atoms with Crippen molar-refractivity contribution in [2.45, 2.75) is 32.2 Å². The van der Waals surface area contributed by atoms with E-state index in [0.29, 0.717) is 0 Å². The van der Waals surface area contributed by atoms with Gasteiger partial charge in [0.15, 0.2) is 0 Å². The van der Waals surface area contributed by atoms with Gasteiger partial charge in [0, 0.05) is 0 Å². The molecule has 0 spiro atoms. The SMILES string of the molecule is [CH2-][NH+]1CCCC[C@H]1C. The second-order valence-electron chi connectivity index (χ2n) is 2.81. The molecule has 1 N–H and O–H groups in total. The van der Waals surface area contributed by atoms with Crippen molar-refractivity contribution in [1.29, 1.82) is 0 Å². The molecule has 1 nitrogen and oxygen atoms in total. The minimum atomic E-state index is 0.809. The van der Waals surface area contributed by atoms with Crippen LogP contribution in [-0.4, -0.2) is 12.6 Å². The Bertz CT molecular complexity index is 60.8. The Labute approximate surface area is 51.7 Å². The average molecular weight is 113 g/mol. The fourth-order valence-corrected chi connectivity index (χ4v) is 1.25. The summed E-state index contributed by atoms with van der Waals surface area (Å²) in [5.41, 5.74) is 0. The van der Waals surface area contributed by atoms with Crippen LogP contribution < -0.4 is 4.90 Å². The van der Waals surface area contributed by atoms with Gasteiger partial charge < -0.3 is 4.90 Å². The zero-order chi connectivity index (χ0) is 5.98. The van der Waals surface area contributed by atoms with Crippen LogP contribution in [0.1, 0.15) is 26.2 Å². The van der Waals surface area contributed by atoms with Crippen molar-refractivity contribution in [3.63, 3.8) is 0 Å². The highest BCUT2D eigenvalue weighted by Crippen LogP contribution is 2.00. The van der Waals surface area contributed by atoms with Crippen LogP contribution in [0.5, 0.6) is 0 Å². The van der Waals surface area contributed by atoms with Crippen LogP contribution in [0.2, 0.25) is 0 Å². The molecule has 1 aliphatic heterocycles. The van der Waals surface area contributed by atoms with E-state index in [2.05, 4.69) is 14.0 Å². The van der Waals surface area contributed by atoms with Gasteiger partial charge in [0.2, 0.25) is 0 Å². The molecule has 1 unspecified atom stereocenters. The molecule has 1 heterocycles. The molecule has 2 atom stereocenters. The molecule has 1 aliphatic rings. The van der Waals surface area contributed by atoms with Crippen LogP contribution >= 0.6 is 0 Å². The molecule has 0 aliphatic carbocycles. The zero-order valence-corrected chi connectivity index (χ0v) is 5.61. The largest absolute Gasteiger partial charge is 0.466 e. The topological polar surface area (TPSA) is 4.44 Å². The molecule has 0 aromatic carbocycles. The second kappa shape index (κ2) is 2.49. The van der Waals surface area contributed by atoms with E-state index in [0.717, 1.165) is 6.04 Å². The van der Waals surface area contributed by atoms with E-state index in [-0.39, 0.29) is 0 Å². The van der Waals surface area contributed by atoms with E-state index in [1.807, 2.05) is 0 Å². The van der Waals surface area contributed by atoms with Crippen molar-refractivity contribution < 1.29 is 4.90 Å². The average Bonchev–Trinajstić information content (AvgIpc) is 1.77. The summed E-state index contributed by atoms with van der Waals surface area (Å²) in [7, 11) is 4.00. The number of hydrogen-bond donors (Lipinski definition) is 1. The molecule has 1 fully saturated rings. The minimum absolute atomic E-state index is 0.809. The Morgan fingerprint density at radius 1 is 1.50 bits per heavy atom. The molecule has 0 saturated carbocycles. The molecule has 48 valence electrons. The summed E-state index contributed by atoms with van der Waals surface area (Å²) in [5, 5.41) is 0. The zero-order valence-electron chi connectivity index (χ0n) is 5.61. The molecule has 0 bridgehead atoms. The van der Waals surface area contributed by atoms with Crippen molar-refractivity contribution >= 4 is 0 Å². The number of hydrogen-bond acceptors (Lipinski definition) is 0. The highest BCUT2D eigenvalue weighted by molar-refractivity contribution is 4.54. The molecular formula is C7H15N. The summed E-state index contributed by atoms with van der Waals surface area (Å²) >= 11 is 0. The molecule has 0 radical (unpaired) electrons. The summed E-state index contributed by atoms with van der Waals surface area (Å²) in [6.07, 6.45) is 4.17. The summed E-state index contributed by atoms with van der Waals surface area (Å²) in [6.45, 7) is 3.56. The molecule has 1 heteroatoms. The van der Waals surface area contributed by atoms with Crippen LogP contribution in [0, 0.1) is 7.05 Å². The Kier molecular flexibility index (Phi) is 1.90. The van der Waals surface area contributed by atoms with Crippen molar-refractivity contribution in [2.75, 3.05) is 6.54 Å². The molecule has 1 rings (SSSR count).